The van der Waals surface area contributed by atoms with E-state index in [0.29, 0.717) is 18.1 Å². The van der Waals surface area contributed by atoms with Crippen LogP contribution in [0.2, 0.25) is 0 Å². The Morgan fingerprint density at radius 1 is 1.09 bits per heavy atom. The van der Waals surface area contributed by atoms with E-state index >= 15 is 0 Å². The molecule has 5 rings (SSSR count). The Hall–Kier alpha value is -3.26. The summed E-state index contributed by atoms with van der Waals surface area (Å²) in [5.74, 6) is 0.164. The summed E-state index contributed by atoms with van der Waals surface area (Å²) >= 11 is 0. The number of amides is 2. The third-order valence-electron chi connectivity index (χ3n) is 6.75. The van der Waals surface area contributed by atoms with Crippen LogP contribution in [0.25, 0.3) is 10.9 Å². The smallest absolute Gasteiger partial charge is 0.249 e. The number of fused-ring (bicyclic) bond motifs is 1. The number of hydrogen-bond acceptors (Lipinski definition) is 5. The van der Waals surface area contributed by atoms with Gasteiger partial charge in [-0.3, -0.25) is 24.4 Å². The van der Waals surface area contributed by atoms with E-state index in [-0.39, 0.29) is 17.9 Å². The van der Waals surface area contributed by atoms with Crippen LogP contribution in [0, 0.1) is 11.8 Å². The molecule has 1 saturated carbocycles. The fourth-order valence-corrected chi connectivity index (χ4v) is 5.00. The summed E-state index contributed by atoms with van der Waals surface area (Å²) in [5.41, 5.74) is 7.80. The van der Waals surface area contributed by atoms with Crippen molar-refractivity contribution in [3.8, 4) is 0 Å². The Morgan fingerprint density at radius 2 is 1.94 bits per heavy atom. The van der Waals surface area contributed by atoms with Crippen molar-refractivity contribution < 1.29 is 14.4 Å². The van der Waals surface area contributed by atoms with Gasteiger partial charge >= 0.3 is 0 Å². The van der Waals surface area contributed by atoms with Gasteiger partial charge in [-0.1, -0.05) is 0 Å². The Kier molecular flexibility index (Phi) is 5.61. The summed E-state index contributed by atoms with van der Waals surface area (Å²) in [6.45, 7) is 1.43. The van der Waals surface area contributed by atoms with Crippen LogP contribution < -0.4 is 5.73 Å². The zero-order valence-electron chi connectivity index (χ0n) is 17.9. The molecule has 32 heavy (non-hydrogen) atoms. The molecule has 3 aromatic rings. The first kappa shape index (κ1) is 20.6. The maximum Gasteiger partial charge on any atom is 0.249 e. The van der Waals surface area contributed by atoms with Crippen molar-refractivity contribution in [1.29, 1.82) is 0 Å². The zero-order valence-corrected chi connectivity index (χ0v) is 17.9. The molecule has 1 aromatic carbocycles. The lowest BCUT2D eigenvalue weighted by Gasteiger charge is -2.32. The van der Waals surface area contributed by atoms with E-state index in [2.05, 4.69) is 20.7 Å². The summed E-state index contributed by atoms with van der Waals surface area (Å²) in [7, 11) is 0. The van der Waals surface area contributed by atoms with Crippen molar-refractivity contribution in [1.82, 2.24) is 19.6 Å². The summed E-state index contributed by atoms with van der Waals surface area (Å²) in [6, 6.07) is 7.45. The quantitative estimate of drug-likeness (QED) is 0.665. The lowest BCUT2D eigenvalue weighted by Crippen LogP contribution is -2.37. The van der Waals surface area contributed by atoms with E-state index in [0.717, 1.165) is 55.2 Å². The molecule has 2 amide bonds. The van der Waals surface area contributed by atoms with Gasteiger partial charge in [0.05, 0.1) is 18.5 Å². The molecule has 3 heterocycles. The maximum absolute atomic E-state index is 13.2. The molecule has 2 aromatic heterocycles. The highest BCUT2D eigenvalue weighted by Gasteiger charge is 2.38. The number of nitrogens with two attached hydrogens (primary N) is 1. The second kappa shape index (κ2) is 8.70. The van der Waals surface area contributed by atoms with E-state index < -0.39 is 5.91 Å². The molecule has 0 bridgehead atoms. The summed E-state index contributed by atoms with van der Waals surface area (Å²) < 4.78 is 2.24. The van der Waals surface area contributed by atoms with Crippen LogP contribution in [-0.2, 0) is 16.2 Å². The average molecular weight is 434 g/mol. The van der Waals surface area contributed by atoms with Gasteiger partial charge in [-0.05, 0) is 55.9 Å². The molecule has 0 unspecified atom stereocenters. The van der Waals surface area contributed by atoms with Gasteiger partial charge in [-0.25, -0.2) is 5.06 Å². The van der Waals surface area contributed by atoms with Crippen molar-refractivity contribution >= 4 is 22.7 Å². The van der Waals surface area contributed by atoms with E-state index in [1.165, 1.54) is 0 Å². The first-order valence-corrected chi connectivity index (χ1v) is 11.2. The van der Waals surface area contributed by atoms with Crippen molar-refractivity contribution in [3.05, 3.63) is 60.3 Å². The summed E-state index contributed by atoms with van der Waals surface area (Å²) in [5, 5.41) is 2.57. The van der Waals surface area contributed by atoms with Crippen LogP contribution in [0.15, 0.2) is 49.1 Å². The predicted molar refractivity (Wildman–Crippen MR) is 118 cm³/mol. The molecule has 8 nitrogen and oxygen atoms in total. The first-order valence-electron chi connectivity index (χ1n) is 11.2. The fraction of sp³-hybridized carbons (Fsp3) is 0.417. The van der Waals surface area contributed by atoms with Crippen LogP contribution in [0.1, 0.15) is 54.2 Å². The van der Waals surface area contributed by atoms with Gasteiger partial charge in [-0.2, -0.15) is 0 Å². The minimum atomic E-state index is -0.411. The van der Waals surface area contributed by atoms with Crippen molar-refractivity contribution in [2.75, 3.05) is 6.61 Å². The van der Waals surface area contributed by atoms with E-state index in [4.69, 9.17) is 10.6 Å². The number of primary amides is 1. The number of benzene rings is 1. The molecule has 2 N–H and O–H groups in total. The fourth-order valence-electron chi connectivity index (χ4n) is 5.00. The average Bonchev–Trinajstić information content (AvgIpc) is 3.47. The minimum absolute atomic E-state index is 0.0111. The molecule has 8 heteroatoms. The van der Waals surface area contributed by atoms with Gasteiger partial charge in [0.25, 0.3) is 0 Å². The second-order valence-electron chi connectivity index (χ2n) is 8.76. The molecule has 1 atom stereocenters. The third kappa shape index (κ3) is 3.98. The molecule has 0 radical (unpaired) electrons. The summed E-state index contributed by atoms with van der Waals surface area (Å²) in [6.07, 6.45) is 11.5. The molecule has 1 aliphatic carbocycles. The monoisotopic (exact) mass is 433 g/mol. The highest BCUT2D eigenvalue weighted by atomic mass is 16.7. The lowest BCUT2D eigenvalue weighted by molar-refractivity contribution is -0.183. The predicted octanol–water partition coefficient (Wildman–Crippen LogP) is 3.24. The maximum atomic E-state index is 13.2. The van der Waals surface area contributed by atoms with Crippen LogP contribution in [-0.4, -0.2) is 38.0 Å². The molecule has 1 aliphatic heterocycles. The minimum Gasteiger partial charge on any atom is -0.366 e. The van der Waals surface area contributed by atoms with Gasteiger partial charge < -0.3 is 10.3 Å². The Balaban J connectivity index is 1.20. The largest absolute Gasteiger partial charge is 0.366 e. The highest BCUT2D eigenvalue weighted by molar-refractivity contribution is 5.97. The number of hydroxylamine groups is 2. The lowest BCUT2D eigenvalue weighted by atomic mass is 9.81. The summed E-state index contributed by atoms with van der Waals surface area (Å²) in [4.78, 5) is 38.8. The number of rotatable bonds is 5. The van der Waals surface area contributed by atoms with Crippen LogP contribution in [0.5, 0.6) is 0 Å². The topological polar surface area (TPSA) is 103 Å². The number of carbonyl (C=O) groups excluding carboxylic acids is 2. The third-order valence-corrected chi connectivity index (χ3v) is 6.75. The number of hydrogen-bond donors (Lipinski definition) is 1. The van der Waals surface area contributed by atoms with Gasteiger partial charge in [0.15, 0.2) is 0 Å². The zero-order chi connectivity index (χ0) is 22.1. The molecule has 2 fully saturated rings. The second-order valence-corrected chi connectivity index (χ2v) is 8.76. The number of aromatic nitrogens is 3. The van der Waals surface area contributed by atoms with Gasteiger partial charge in [0, 0.05) is 53.9 Å². The van der Waals surface area contributed by atoms with E-state index in [1.54, 1.807) is 29.7 Å². The van der Waals surface area contributed by atoms with Crippen LogP contribution in [0.3, 0.4) is 0 Å². The van der Waals surface area contributed by atoms with Crippen LogP contribution >= 0.6 is 0 Å². The Labute approximate surface area is 186 Å². The normalized spacial score (nSPS) is 23.5. The molecule has 0 spiro atoms. The standard InChI is InChI=1S/C24H27N5O3/c25-23(30)19-5-6-21-18(13-19)7-11-28(21)15-16-1-3-17(4-2-16)24(31)29-22(8-12-32-29)20-14-26-9-10-27-20/h5-7,9-11,13-14,16-17,22H,1-4,8,12,15H2,(H2,25,30)/t16-,17-,22-/m0/s1. The van der Waals surface area contributed by atoms with Crippen molar-refractivity contribution in [2.45, 2.75) is 44.7 Å². The SMILES string of the molecule is NC(=O)c1ccc2c(ccn2C[C@H]2CC[C@H](C(=O)N3OCC[C@H]3c3cnccn3)CC2)c1. The van der Waals surface area contributed by atoms with E-state index in [1.807, 2.05) is 18.2 Å². The van der Waals surface area contributed by atoms with Crippen LogP contribution in [0.4, 0.5) is 0 Å². The Morgan fingerprint density at radius 3 is 2.69 bits per heavy atom. The van der Waals surface area contributed by atoms with Crippen molar-refractivity contribution in [2.24, 2.45) is 17.6 Å². The molecule has 166 valence electrons. The number of nitrogens with zero attached hydrogens (tertiary/aromatic N) is 4. The molecule has 2 aliphatic rings. The van der Waals surface area contributed by atoms with Gasteiger partial charge in [-0.15, -0.1) is 0 Å². The molecule has 1 saturated heterocycles. The number of carbonyl (C=O) groups is 2. The molecular formula is C24H27N5O3. The Bertz CT molecular complexity index is 1120. The van der Waals surface area contributed by atoms with Gasteiger partial charge in [0.1, 0.15) is 6.04 Å². The van der Waals surface area contributed by atoms with E-state index in [9.17, 15) is 9.59 Å². The van der Waals surface area contributed by atoms with Gasteiger partial charge in [0.2, 0.25) is 11.8 Å². The van der Waals surface area contributed by atoms with Crippen molar-refractivity contribution in [3.63, 3.8) is 0 Å². The highest BCUT2D eigenvalue weighted by Crippen LogP contribution is 2.36. The first-order chi connectivity index (χ1) is 15.6. The molecular weight excluding hydrogens is 406 g/mol.